The number of methoxy groups -OCH3 is 2. The van der Waals surface area contributed by atoms with Gasteiger partial charge in [-0.2, -0.15) is 0 Å². The van der Waals surface area contributed by atoms with Crippen molar-refractivity contribution in [1.29, 1.82) is 0 Å². The van der Waals surface area contributed by atoms with E-state index in [-0.39, 0.29) is 19.0 Å². The minimum Gasteiger partial charge on any atom is -0.469 e. The number of rotatable bonds is 6. The van der Waals surface area contributed by atoms with Crippen LogP contribution in [-0.2, 0) is 20.9 Å². The average Bonchev–Trinajstić information content (AvgIpc) is 3.12. The van der Waals surface area contributed by atoms with Gasteiger partial charge in [-0.25, -0.2) is 4.39 Å². The normalized spacial score (nSPS) is 15.0. The molecule has 0 bridgehead atoms. The van der Waals surface area contributed by atoms with Crippen LogP contribution >= 0.6 is 11.6 Å². The van der Waals surface area contributed by atoms with Crippen molar-refractivity contribution < 1.29 is 18.7 Å². The maximum Gasteiger partial charge on any atom is 0.305 e. The Morgan fingerprint density at radius 2 is 1.97 bits per heavy atom. The van der Waals surface area contributed by atoms with E-state index in [1.807, 2.05) is 10.6 Å². The molecule has 0 spiro atoms. The molecule has 1 aromatic heterocycles. The molecule has 7 nitrogen and oxygen atoms in total. The second-order valence-electron chi connectivity index (χ2n) is 6.99. The van der Waals surface area contributed by atoms with Crippen LogP contribution in [0.25, 0.3) is 5.69 Å². The summed E-state index contributed by atoms with van der Waals surface area (Å²) in [6, 6.07) is 11.2. The molecule has 2 aromatic carbocycles. The lowest BCUT2D eigenvalue weighted by molar-refractivity contribution is -0.140. The van der Waals surface area contributed by atoms with Gasteiger partial charge in [-0.15, -0.1) is 10.2 Å². The highest BCUT2D eigenvalue weighted by atomic mass is 35.5. The highest BCUT2D eigenvalue weighted by Gasteiger charge is 2.30. The summed E-state index contributed by atoms with van der Waals surface area (Å²) in [5.41, 5.74) is 2.11. The van der Waals surface area contributed by atoms with Crippen molar-refractivity contribution in [2.45, 2.75) is 25.5 Å². The van der Waals surface area contributed by atoms with Gasteiger partial charge in [0.05, 0.1) is 18.5 Å². The number of fused-ring (bicyclic) bond motifs is 3. The van der Waals surface area contributed by atoms with Crippen molar-refractivity contribution in [2.24, 2.45) is 4.99 Å². The maximum atomic E-state index is 14.8. The number of carbonyl (C=O) groups excluding carboxylic acids is 1. The Bertz CT molecular complexity index is 1160. The van der Waals surface area contributed by atoms with Gasteiger partial charge in [-0.05, 0) is 36.8 Å². The lowest BCUT2D eigenvalue weighted by Crippen LogP contribution is -2.11. The number of hydrogen-bond donors (Lipinski definition) is 0. The van der Waals surface area contributed by atoms with Crippen molar-refractivity contribution in [3.05, 3.63) is 76.1 Å². The van der Waals surface area contributed by atoms with E-state index in [4.69, 9.17) is 26.1 Å². The predicted molar refractivity (Wildman–Crippen MR) is 113 cm³/mol. The van der Waals surface area contributed by atoms with Gasteiger partial charge in [0.15, 0.2) is 11.6 Å². The van der Waals surface area contributed by atoms with Crippen molar-refractivity contribution in [1.82, 2.24) is 14.8 Å². The smallest absolute Gasteiger partial charge is 0.305 e. The number of nitrogens with zero attached hydrogens (tertiary/aromatic N) is 4. The van der Waals surface area contributed by atoms with Crippen LogP contribution in [0.5, 0.6) is 0 Å². The number of aromatic nitrogens is 3. The first kappa shape index (κ1) is 21.1. The molecule has 160 valence electrons. The lowest BCUT2D eigenvalue weighted by atomic mass is 9.99. The molecule has 2 heterocycles. The molecule has 1 atom stereocenters. The largest absolute Gasteiger partial charge is 0.469 e. The van der Waals surface area contributed by atoms with E-state index in [1.54, 1.807) is 37.4 Å². The third-order valence-corrected chi connectivity index (χ3v) is 5.28. The van der Waals surface area contributed by atoms with Crippen LogP contribution in [0.1, 0.15) is 41.7 Å². The van der Waals surface area contributed by atoms with Crippen LogP contribution < -0.4 is 0 Å². The molecule has 0 amide bonds. The quantitative estimate of drug-likeness (QED) is 0.538. The lowest BCUT2D eigenvalue weighted by Gasteiger charge is -2.14. The summed E-state index contributed by atoms with van der Waals surface area (Å²) in [6.45, 7) is 0.216. The zero-order valence-electron chi connectivity index (χ0n) is 17.0. The zero-order valence-corrected chi connectivity index (χ0v) is 17.8. The summed E-state index contributed by atoms with van der Waals surface area (Å²) >= 11 is 6.31. The van der Waals surface area contributed by atoms with Crippen LogP contribution in [0.3, 0.4) is 0 Å². The number of ether oxygens (including phenoxy) is 2. The topological polar surface area (TPSA) is 78.6 Å². The Kier molecular flexibility index (Phi) is 6.11. The Hall–Kier alpha value is -3.10. The molecular formula is C22H20ClFN4O3. The minimum absolute atomic E-state index is 0.124. The van der Waals surface area contributed by atoms with E-state index in [1.165, 1.54) is 13.2 Å². The van der Waals surface area contributed by atoms with Gasteiger partial charge in [0.2, 0.25) is 0 Å². The van der Waals surface area contributed by atoms with Gasteiger partial charge in [-0.3, -0.25) is 14.4 Å². The van der Waals surface area contributed by atoms with Gasteiger partial charge in [-0.1, -0.05) is 23.7 Å². The molecule has 0 N–H and O–H groups in total. The molecule has 4 rings (SSSR count). The van der Waals surface area contributed by atoms with E-state index in [9.17, 15) is 9.18 Å². The first-order valence-electron chi connectivity index (χ1n) is 9.66. The average molecular weight is 443 g/mol. The first-order chi connectivity index (χ1) is 15.0. The molecule has 1 aliphatic heterocycles. The van der Waals surface area contributed by atoms with Crippen molar-refractivity contribution >= 4 is 23.3 Å². The Balaban J connectivity index is 1.96. The maximum absolute atomic E-state index is 14.8. The molecule has 3 aromatic rings. The summed E-state index contributed by atoms with van der Waals surface area (Å²) in [6.07, 6.45) is 0.441. The van der Waals surface area contributed by atoms with Gasteiger partial charge >= 0.3 is 5.97 Å². The Morgan fingerprint density at radius 3 is 2.71 bits per heavy atom. The number of halogens is 2. The highest BCUT2D eigenvalue weighted by Crippen LogP contribution is 2.35. The summed E-state index contributed by atoms with van der Waals surface area (Å²) in [5, 5.41) is 9.08. The summed E-state index contributed by atoms with van der Waals surface area (Å²) < 4.78 is 26.7. The molecule has 1 aliphatic rings. The summed E-state index contributed by atoms with van der Waals surface area (Å²) in [5.74, 6) is 0.323. The number of carbonyl (C=O) groups is 1. The minimum atomic E-state index is -0.557. The van der Waals surface area contributed by atoms with E-state index >= 15 is 0 Å². The van der Waals surface area contributed by atoms with Crippen molar-refractivity contribution in [2.75, 3.05) is 14.2 Å². The fourth-order valence-corrected chi connectivity index (χ4v) is 3.80. The van der Waals surface area contributed by atoms with Gasteiger partial charge in [0.25, 0.3) is 0 Å². The van der Waals surface area contributed by atoms with Crippen molar-refractivity contribution in [3.63, 3.8) is 0 Å². The molecule has 1 unspecified atom stereocenters. The van der Waals surface area contributed by atoms with Gasteiger partial charge in [0, 0.05) is 29.7 Å². The molecule has 0 saturated carbocycles. The van der Waals surface area contributed by atoms with Crippen LogP contribution in [0.4, 0.5) is 4.39 Å². The van der Waals surface area contributed by atoms with E-state index in [0.29, 0.717) is 45.6 Å². The second kappa shape index (κ2) is 8.95. The molecule has 0 fully saturated rings. The van der Waals surface area contributed by atoms with Crippen LogP contribution in [0, 0.1) is 5.82 Å². The fraction of sp³-hybridized carbons (Fsp3) is 0.273. The van der Waals surface area contributed by atoms with E-state index in [0.717, 1.165) is 0 Å². The molecule has 9 heteroatoms. The summed E-state index contributed by atoms with van der Waals surface area (Å²) in [7, 11) is 2.90. The van der Waals surface area contributed by atoms with Crippen molar-refractivity contribution in [3.8, 4) is 5.69 Å². The first-order valence-corrected chi connectivity index (χ1v) is 10.0. The van der Waals surface area contributed by atoms with Crippen LogP contribution in [0.2, 0.25) is 5.02 Å². The predicted octanol–water partition coefficient (Wildman–Crippen LogP) is 4.05. The summed E-state index contributed by atoms with van der Waals surface area (Å²) in [4.78, 5) is 16.7. The molecular weight excluding hydrogens is 423 g/mol. The Morgan fingerprint density at radius 1 is 1.16 bits per heavy atom. The number of esters is 1. The van der Waals surface area contributed by atoms with E-state index < -0.39 is 11.9 Å². The molecule has 31 heavy (non-hydrogen) atoms. The van der Waals surface area contributed by atoms with Gasteiger partial charge < -0.3 is 9.47 Å². The molecule has 0 saturated heterocycles. The third-order valence-electron chi connectivity index (χ3n) is 5.04. The SMILES string of the molecule is COCc1nnc2n1-c1ccc(Cl)cc1C(c1ccccc1F)=NC2CCC(=O)OC. The van der Waals surface area contributed by atoms with Gasteiger partial charge in [0.1, 0.15) is 18.5 Å². The highest BCUT2D eigenvalue weighted by molar-refractivity contribution is 6.31. The Labute approximate surface area is 183 Å². The van der Waals surface area contributed by atoms with Crippen LogP contribution in [-0.4, -0.2) is 40.7 Å². The number of aliphatic imine (C=N–C) groups is 1. The fourth-order valence-electron chi connectivity index (χ4n) is 3.63. The standard InChI is InChI=1S/C22H20ClFN4O3/c1-30-12-19-26-27-22-17(8-10-20(29)31-2)25-21(14-5-3-4-6-16(14)24)15-11-13(23)7-9-18(15)28(19)22/h3-7,9,11,17H,8,10,12H2,1-2H3. The monoisotopic (exact) mass is 442 g/mol. The second-order valence-corrected chi connectivity index (χ2v) is 7.43. The van der Waals surface area contributed by atoms with Crippen LogP contribution in [0.15, 0.2) is 47.5 Å². The number of benzene rings is 2. The van der Waals surface area contributed by atoms with E-state index in [2.05, 4.69) is 10.2 Å². The third kappa shape index (κ3) is 4.08. The number of hydrogen-bond acceptors (Lipinski definition) is 6. The molecule has 0 radical (unpaired) electrons. The zero-order chi connectivity index (χ0) is 22.0. The molecule has 0 aliphatic carbocycles.